The molecule has 2 N–H and O–H groups in total. The molecule has 1 aromatic carbocycles. The van der Waals surface area contributed by atoms with Gasteiger partial charge in [0.15, 0.2) is 0 Å². The first-order valence-corrected chi connectivity index (χ1v) is 13.2. The quantitative estimate of drug-likeness (QED) is 0.660. The number of piperazine rings is 1. The average molecular weight is 474 g/mol. The second-order valence-electron chi connectivity index (χ2n) is 11.7. The normalized spacial score (nSPS) is 26.1. The van der Waals surface area contributed by atoms with Gasteiger partial charge in [0.1, 0.15) is 0 Å². The molecular weight excluding hydrogens is 434 g/mol. The minimum Gasteiger partial charge on any atom is -0.379 e. The van der Waals surface area contributed by atoms with E-state index < -0.39 is 0 Å². The molecule has 0 bridgehead atoms. The number of anilines is 1. The molecule has 6 nitrogen and oxygen atoms in total. The van der Waals surface area contributed by atoms with Gasteiger partial charge in [-0.15, -0.1) is 0 Å². The van der Waals surface area contributed by atoms with E-state index >= 15 is 0 Å². The van der Waals surface area contributed by atoms with Crippen LogP contribution in [-0.4, -0.2) is 55.5 Å². The topological polar surface area (TPSA) is 71.4 Å². The lowest BCUT2D eigenvalue weighted by atomic mass is 9.69. The molecule has 2 fully saturated rings. The van der Waals surface area contributed by atoms with Crippen molar-refractivity contribution in [1.29, 1.82) is 5.26 Å². The molecule has 1 atom stereocenters. The zero-order valence-electron chi connectivity index (χ0n) is 21.5. The number of nitrogens with one attached hydrogen (secondary N) is 2. The Bertz CT molecular complexity index is 1080. The number of nitrogens with zero attached hydrogens (tertiary/aromatic N) is 3. The van der Waals surface area contributed by atoms with E-state index in [9.17, 15) is 10.1 Å². The van der Waals surface area contributed by atoms with Gasteiger partial charge in [0.25, 0.3) is 5.91 Å². The molecule has 4 aliphatic rings. The van der Waals surface area contributed by atoms with Crippen LogP contribution in [0.3, 0.4) is 0 Å². The largest absolute Gasteiger partial charge is 0.379 e. The van der Waals surface area contributed by atoms with E-state index in [1.165, 1.54) is 36.0 Å². The van der Waals surface area contributed by atoms with E-state index in [0.29, 0.717) is 17.7 Å². The summed E-state index contributed by atoms with van der Waals surface area (Å²) >= 11 is 0. The van der Waals surface area contributed by atoms with Crippen molar-refractivity contribution in [3.8, 4) is 6.07 Å². The lowest BCUT2D eigenvalue weighted by Crippen LogP contribution is -2.57. The highest BCUT2D eigenvalue weighted by Gasteiger charge is 2.45. The Balaban J connectivity index is 1.48. The Morgan fingerprint density at radius 2 is 1.94 bits per heavy atom. The summed E-state index contributed by atoms with van der Waals surface area (Å²) in [5.41, 5.74) is 5.74. The molecule has 2 aliphatic heterocycles. The molecule has 186 valence electrons. The molecule has 0 radical (unpaired) electrons. The molecule has 1 unspecified atom stereocenters. The fraction of sp³-hybridized carbons (Fsp3) is 0.586. The highest BCUT2D eigenvalue weighted by Crippen LogP contribution is 2.49. The van der Waals surface area contributed by atoms with Gasteiger partial charge < -0.3 is 15.5 Å². The van der Waals surface area contributed by atoms with Gasteiger partial charge in [-0.05, 0) is 80.3 Å². The highest BCUT2D eigenvalue weighted by molar-refractivity contribution is 6.05. The zero-order chi connectivity index (χ0) is 24.6. The molecule has 1 amide bonds. The molecule has 1 aromatic rings. The van der Waals surface area contributed by atoms with E-state index in [-0.39, 0.29) is 17.4 Å². The molecule has 1 saturated heterocycles. The lowest BCUT2D eigenvalue weighted by molar-refractivity contribution is -0.113. The van der Waals surface area contributed by atoms with Crippen LogP contribution < -0.4 is 10.6 Å². The zero-order valence-corrected chi connectivity index (χ0v) is 21.5. The first-order chi connectivity index (χ1) is 16.8. The van der Waals surface area contributed by atoms with E-state index in [0.717, 1.165) is 51.1 Å². The van der Waals surface area contributed by atoms with Crippen molar-refractivity contribution in [2.75, 3.05) is 45.1 Å². The second-order valence-corrected chi connectivity index (χ2v) is 11.7. The first kappa shape index (κ1) is 24.1. The van der Waals surface area contributed by atoms with Gasteiger partial charge in [-0.25, -0.2) is 0 Å². The van der Waals surface area contributed by atoms with Crippen molar-refractivity contribution in [1.82, 2.24) is 15.1 Å². The van der Waals surface area contributed by atoms with Gasteiger partial charge in [0.05, 0.1) is 17.7 Å². The van der Waals surface area contributed by atoms with Gasteiger partial charge in [-0.2, -0.15) is 5.26 Å². The smallest absolute Gasteiger partial charge is 0.271 e. The van der Waals surface area contributed by atoms with E-state index in [2.05, 4.69) is 71.7 Å². The Morgan fingerprint density at radius 3 is 2.54 bits per heavy atom. The number of likely N-dealkylation sites (N-methyl/N-ethyl adjacent to an activating group) is 1. The van der Waals surface area contributed by atoms with Crippen LogP contribution in [0, 0.1) is 22.7 Å². The Morgan fingerprint density at radius 1 is 1.17 bits per heavy atom. The van der Waals surface area contributed by atoms with Gasteiger partial charge >= 0.3 is 0 Å². The van der Waals surface area contributed by atoms with Crippen LogP contribution in [0.15, 0.2) is 36.0 Å². The number of allylic oxidation sites excluding steroid dienone is 2. The summed E-state index contributed by atoms with van der Waals surface area (Å²) < 4.78 is 0. The van der Waals surface area contributed by atoms with Gasteiger partial charge in [0, 0.05) is 49.5 Å². The minimum absolute atomic E-state index is 0.128. The molecule has 0 aromatic heterocycles. The van der Waals surface area contributed by atoms with Crippen molar-refractivity contribution in [3.63, 3.8) is 0 Å². The first-order valence-electron chi connectivity index (χ1n) is 13.2. The lowest BCUT2D eigenvalue weighted by Gasteiger charge is -2.53. The molecule has 2 heterocycles. The predicted octanol–water partition coefficient (Wildman–Crippen LogP) is 4.47. The summed E-state index contributed by atoms with van der Waals surface area (Å²) in [6.45, 7) is 9.63. The molecule has 5 rings (SSSR count). The van der Waals surface area contributed by atoms with Crippen molar-refractivity contribution in [2.24, 2.45) is 11.3 Å². The van der Waals surface area contributed by atoms with Gasteiger partial charge in [0.2, 0.25) is 0 Å². The third-order valence-electron chi connectivity index (χ3n) is 8.70. The van der Waals surface area contributed by atoms with E-state index in [1.807, 2.05) is 0 Å². The Labute approximate surface area is 210 Å². The van der Waals surface area contributed by atoms with Gasteiger partial charge in [-0.1, -0.05) is 26.0 Å². The van der Waals surface area contributed by atoms with Gasteiger partial charge in [-0.3, -0.25) is 9.69 Å². The number of hydrogen-bond donors (Lipinski definition) is 2. The summed E-state index contributed by atoms with van der Waals surface area (Å²) in [6, 6.07) is 8.97. The Hall–Kier alpha value is -2.62. The van der Waals surface area contributed by atoms with E-state index in [4.69, 9.17) is 0 Å². The van der Waals surface area contributed by atoms with Crippen LogP contribution >= 0.6 is 0 Å². The molecule has 35 heavy (non-hydrogen) atoms. The predicted molar refractivity (Wildman–Crippen MR) is 140 cm³/mol. The monoisotopic (exact) mass is 473 g/mol. The minimum atomic E-state index is -0.247. The number of carbonyl (C=O) groups excluding carboxylic acids is 1. The molecule has 1 saturated carbocycles. The van der Waals surface area contributed by atoms with Crippen molar-refractivity contribution >= 4 is 17.2 Å². The average Bonchev–Trinajstić information content (AvgIpc) is 3.30. The third-order valence-corrected chi connectivity index (χ3v) is 8.70. The van der Waals surface area contributed by atoms with Crippen molar-refractivity contribution in [2.45, 2.75) is 57.9 Å². The van der Waals surface area contributed by atoms with Crippen LogP contribution in [0.25, 0.3) is 5.57 Å². The Kier molecular flexibility index (Phi) is 6.50. The van der Waals surface area contributed by atoms with Crippen LogP contribution in [0.5, 0.6) is 0 Å². The second kappa shape index (κ2) is 9.44. The van der Waals surface area contributed by atoms with Crippen LogP contribution in [0.2, 0.25) is 0 Å². The molecule has 6 heteroatoms. The number of nitriles is 1. The maximum atomic E-state index is 13.1. The number of benzene rings is 1. The highest BCUT2D eigenvalue weighted by atomic mass is 16.2. The summed E-state index contributed by atoms with van der Waals surface area (Å²) in [6.07, 6.45) is 11.1. The third kappa shape index (κ3) is 4.77. The van der Waals surface area contributed by atoms with Crippen LogP contribution in [0.4, 0.5) is 5.69 Å². The summed E-state index contributed by atoms with van der Waals surface area (Å²) in [5, 5.41) is 15.5. The summed E-state index contributed by atoms with van der Waals surface area (Å²) in [5.74, 6) is -0.408. The molecule has 2 aliphatic carbocycles. The number of amides is 1. The SMILES string of the molecule is CN1CCN(C2(c3ccc(NC(=O)C4=CC(C#N)CN4)c(C4=CCC(C)(C)CC4)c3)CCC2)CC1. The number of carbonyl (C=O) groups is 1. The molecular formula is C29H39N5O. The maximum absolute atomic E-state index is 13.1. The fourth-order valence-electron chi connectivity index (χ4n) is 6.03. The standard InChI is InChI=1S/C29H39N5O/c1-28(2)11-7-22(8-12-28)24-18-23(29(9-4-10-29)34-15-13-33(3)14-16-34)5-6-25(24)32-27(35)26-17-21(19-30)20-31-26/h5-7,17-18,21,31H,4,8-16,20H2,1-3H3,(H,32,35). The molecule has 0 spiro atoms. The van der Waals surface area contributed by atoms with Crippen LogP contribution in [-0.2, 0) is 10.3 Å². The van der Waals surface area contributed by atoms with E-state index in [1.54, 1.807) is 6.08 Å². The maximum Gasteiger partial charge on any atom is 0.271 e. The van der Waals surface area contributed by atoms with Crippen molar-refractivity contribution in [3.05, 3.63) is 47.2 Å². The van der Waals surface area contributed by atoms with Crippen molar-refractivity contribution < 1.29 is 4.79 Å². The number of rotatable bonds is 5. The summed E-state index contributed by atoms with van der Waals surface area (Å²) in [4.78, 5) is 18.2. The fourth-order valence-corrected chi connectivity index (χ4v) is 6.03. The number of hydrogen-bond acceptors (Lipinski definition) is 5. The van der Waals surface area contributed by atoms with Crippen LogP contribution in [0.1, 0.15) is 63.5 Å². The summed E-state index contributed by atoms with van der Waals surface area (Å²) in [7, 11) is 2.21.